The van der Waals surface area contributed by atoms with E-state index in [-0.39, 0.29) is 23.3 Å². The van der Waals surface area contributed by atoms with Gasteiger partial charge in [-0.1, -0.05) is 56.3 Å². The number of aryl methyl sites for hydroxylation is 1. The van der Waals surface area contributed by atoms with E-state index in [0.717, 1.165) is 23.8 Å². The molecule has 0 saturated carbocycles. The van der Waals surface area contributed by atoms with E-state index in [4.69, 9.17) is 14.5 Å². The van der Waals surface area contributed by atoms with Crippen molar-refractivity contribution in [2.45, 2.75) is 44.2 Å². The zero-order chi connectivity index (χ0) is 23.3. The average Bonchev–Trinajstić information content (AvgIpc) is 3.25. The van der Waals surface area contributed by atoms with E-state index in [1.54, 1.807) is 18.2 Å². The van der Waals surface area contributed by atoms with E-state index < -0.39 is 0 Å². The minimum absolute atomic E-state index is 0.0131. The van der Waals surface area contributed by atoms with Crippen molar-refractivity contribution < 1.29 is 14.6 Å². The van der Waals surface area contributed by atoms with Gasteiger partial charge in [-0.2, -0.15) is 0 Å². The summed E-state index contributed by atoms with van der Waals surface area (Å²) in [6.45, 7) is 4.52. The van der Waals surface area contributed by atoms with Crippen LogP contribution in [0.2, 0.25) is 0 Å². The molecular weight excluding hydrogens is 424 g/mol. The number of pyridine rings is 1. The molecule has 1 aliphatic carbocycles. The lowest BCUT2D eigenvalue weighted by atomic mass is 9.77. The summed E-state index contributed by atoms with van der Waals surface area (Å²) < 4.78 is 12.6. The molecule has 1 N–H and O–H groups in total. The highest BCUT2D eigenvalue weighted by atomic mass is 16.5. The number of para-hydroxylation sites is 1. The summed E-state index contributed by atoms with van der Waals surface area (Å²) in [6.07, 6.45) is 1.96. The molecule has 0 radical (unpaired) electrons. The Morgan fingerprint density at radius 3 is 2.74 bits per heavy atom. The summed E-state index contributed by atoms with van der Waals surface area (Å²) in [7, 11) is 0. The maximum absolute atomic E-state index is 10.1. The Hall–Kier alpha value is -3.86. The molecule has 2 atom stereocenters. The van der Waals surface area contributed by atoms with Crippen molar-refractivity contribution in [2.24, 2.45) is 4.99 Å². The van der Waals surface area contributed by atoms with Gasteiger partial charge in [0.25, 0.3) is 0 Å². The molecule has 5 heteroatoms. The second-order valence-corrected chi connectivity index (χ2v) is 9.59. The van der Waals surface area contributed by atoms with Crippen LogP contribution in [0.3, 0.4) is 0 Å². The van der Waals surface area contributed by atoms with Gasteiger partial charge in [0.2, 0.25) is 11.8 Å². The number of aliphatic imine (C=N–C) groups is 1. The lowest BCUT2D eigenvalue weighted by molar-refractivity contribution is 0.116. The lowest BCUT2D eigenvalue weighted by Crippen LogP contribution is -2.40. The van der Waals surface area contributed by atoms with Crippen molar-refractivity contribution >= 4 is 16.8 Å². The second kappa shape index (κ2) is 7.87. The van der Waals surface area contributed by atoms with Crippen LogP contribution in [0.4, 0.5) is 0 Å². The van der Waals surface area contributed by atoms with E-state index in [2.05, 4.69) is 43.1 Å². The van der Waals surface area contributed by atoms with Crippen molar-refractivity contribution in [3.63, 3.8) is 0 Å². The quantitative estimate of drug-likeness (QED) is 0.405. The zero-order valence-electron chi connectivity index (χ0n) is 19.2. The Morgan fingerprint density at radius 2 is 1.82 bits per heavy atom. The number of ether oxygens (including phenoxy) is 2. The molecule has 0 spiro atoms. The summed E-state index contributed by atoms with van der Waals surface area (Å²) in [5, 5.41) is 11.0. The topological polar surface area (TPSA) is 63.9 Å². The van der Waals surface area contributed by atoms with E-state index in [9.17, 15) is 5.11 Å². The first-order valence-electron chi connectivity index (χ1n) is 11.7. The zero-order valence-corrected chi connectivity index (χ0v) is 19.2. The van der Waals surface area contributed by atoms with Crippen LogP contribution in [-0.4, -0.2) is 28.1 Å². The van der Waals surface area contributed by atoms with Crippen molar-refractivity contribution in [3.05, 3.63) is 95.6 Å². The van der Waals surface area contributed by atoms with Crippen molar-refractivity contribution in [1.82, 2.24) is 4.98 Å². The number of benzene rings is 3. The first-order valence-corrected chi connectivity index (χ1v) is 11.7. The number of phenols is 1. The van der Waals surface area contributed by atoms with Crippen LogP contribution in [0, 0.1) is 0 Å². The first kappa shape index (κ1) is 20.7. The fourth-order valence-corrected chi connectivity index (χ4v) is 5.24. The number of hydrogen-bond donors (Lipinski definition) is 1. The fourth-order valence-electron chi connectivity index (χ4n) is 5.24. The van der Waals surface area contributed by atoms with Gasteiger partial charge in [-0.25, -0.2) is 9.98 Å². The van der Waals surface area contributed by atoms with E-state index >= 15 is 0 Å². The van der Waals surface area contributed by atoms with Gasteiger partial charge < -0.3 is 14.6 Å². The molecule has 2 heterocycles. The van der Waals surface area contributed by atoms with Gasteiger partial charge in [-0.05, 0) is 54.3 Å². The minimum atomic E-state index is -0.145. The third kappa shape index (κ3) is 3.48. The van der Waals surface area contributed by atoms with Gasteiger partial charge in [0.15, 0.2) is 0 Å². The highest BCUT2D eigenvalue weighted by molar-refractivity contribution is 5.96. The molecule has 0 amide bonds. The molecule has 34 heavy (non-hydrogen) atoms. The molecule has 170 valence electrons. The standard InChI is InChI=1S/C29H26N2O3/c1-29(2)22-11-4-3-7-18(22)13-15-23-27(29)34-28(30-23)20-9-5-10-21(17-20)33-25-16-14-19-8-6-12-24(32)26(19)31-25/h3-12,14,16-17,23,27,32H,13,15H2,1-2H3/t23-,27+/m0/s1. The van der Waals surface area contributed by atoms with Crippen LogP contribution in [-0.2, 0) is 16.6 Å². The Morgan fingerprint density at radius 1 is 0.971 bits per heavy atom. The van der Waals surface area contributed by atoms with E-state index in [1.165, 1.54) is 11.1 Å². The summed E-state index contributed by atoms with van der Waals surface area (Å²) in [5.41, 5.74) is 4.00. The summed E-state index contributed by atoms with van der Waals surface area (Å²) in [5.74, 6) is 1.86. The molecule has 0 unspecified atom stereocenters. The third-order valence-electron chi connectivity index (χ3n) is 6.98. The van der Waals surface area contributed by atoms with Gasteiger partial charge in [-0.15, -0.1) is 0 Å². The maximum atomic E-state index is 10.1. The van der Waals surface area contributed by atoms with Gasteiger partial charge in [-0.3, -0.25) is 0 Å². The van der Waals surface area contributed by atoms with E-state index in [1.807, 2.05) is 36.4 Å². The summed E-state index contributed by atoms with van der Waals surface area (Å²) in [6, 6.07) is 25.6. The first-order chi connectivity index (χ1) is 16.5. The minimum Gasteiger partial charge on any atom is -0.506 e. The normalized spacial score (nSPS) is 20.6. The number of fused-ring (bicyclic) bond motifs is 3. The number of phenolic OH excluding ortho intramolecular Hbond substituents is 1. The molecule has 0 saturated heterocycles. The fraction of sp³-hybridized carbons (Fsp3) is 0.241. The maximum Gasteiger partial charge on any atom is 0.219 e. The highest BCUT2D eigenvalue weighted by Crippen LogP contribution is 2.42. The monoisotopic (exact) mass is 450 g/mol. The average molecular weight is 451 g/mol. The van der Waals surface area contributed by atoms with Crippen molar-refractivity contribution in [2.75, 3.05) is 0 Å². The summed E-state index contributed by atoms with van der Waals surface area (Å²) in [4.78, 5) is 9.48. The largest absolute Gasteiger partial charge is 0.506 e. The predicted molar refractivity (Wildman–Crippen MR) is 133 cm³/mol. The SMILES string of the molecule is CC1(C)c2ccccc2CC[C@@H]2N=C(c3cccc(Oc4ccc5cccc(O)c5n4)c3)O[C@H]21. The van der Waals surface area contributed by atoms with Gasteiger partial charge >= 0.3 is 0 Å². The molecule has 5 nitrogen and oxygen atoms in total. The predicted octanol–water partition coefficient (Wildman–Crippen LogP) is 6.17. The van der Waals surface area contributed by atoms with Crippen molar-refractivity contribution in [1.29, 1.82) is 0 Å². The number of nitrogens with zero attached hydrogens (tertiary/aromatic N) is 2. The van der Waals surface area contributed by atoms with Gasteiger partial charge in [0.05, 0.1) is 6.04 Å². The molecule has 1 aromatic heterocycles. The second-order valence-electron chi connectivity index (χ2n) is 9.59. The molecule has 6 rings (SSSR count). The number of aromatic nitrogens is 1. The molecular formula is C29H26N2O3. The van der Waals surface area contributed by atoms with Crippen molar-refractivity contribution in [3.8, 4) is 17.4 Å². The Balaban J connectivity index is 1.27. The smallest absolute Gasteiger partial charge is 0.219 e. The van der Waals surface area contributed by atoms with Gasteiger partial charge in [0, 0.05) is 22.4 Å². The number of rotatable bonds is 3. The highest BCUT2D eigenvalue weighted by Gasteiger charge is 2.46. The molecule has 2 aliphatic rings. The number of hydrogen-bond acceptors (Lipinski definition) is 5. The number of aromatic hydroxyl groups is 1. The van der Waals surface area contributed by atoms with Gasteiger partial charge in [0.1, 0.15) is 23.1 Å². The van der Waals surface area contributed by atoms with Crippen LogP contribution in [0.25, 0.3) is 10.9 Å². The lowest BCUT2D eigenvalue weighted by Gasteiger charge is -2.33. The third-order valence-corrected chi connectivity index (χ3v) is 6.98. The van der Waals surface area contributed by atoms with Crippen LogP contribution in [0.15, 0.2) is 83.9 Å². The molecule has 0 fully saturated rings. The molecule has 3 aromatic carbocycles. The molecule has 4 aromatic rings. The molecule has 1 aliphatic heterocycles. The van der Waals surface area contributed by atoms with Crippen LogP contribution < -0.4 is 4.74 Å². The Kier molecular flexibility index (Phi) is 4.80. The van der Waals surface area contributed by atoms with Crippen LogP contribution in [0.1, 0.15) is 37.0 Å². The van der Waals surface area contributed by atoms with Crippen LogP contribution >= 0.6 is 0 Å². The van der Waals surface area contributed by atoms with E-state index in [0.29, 0.717) is 23.0 Å². The van der Waals surface area contributed by atoms with Crippen LogP contribution in [0.5, 0.6) is 17.4 Å². The summed E-state index contributed by atoms with van der Waals surface area (Å²) >= 11 is 0. The Bertz CT molecular complexity index is 1430. The Labute approximate surface area is 198 Å². The molecule has 0 bridgehead atoms.